The zero-order valence-electron chi connectivity index (χ0n) is 14.4. The van der Waals surface area contributed by atoms with E-state index in [0.717, 1.165) is 0 Å². The zero-order chi connectivity index (χ0) is 18.4. The van der Waals surface area contributed by atoms with Crippen LogP contribution in [0.2, 0.25) is 5.02 Å². The van der Waals surface area contributed by atoms with Gasteiger partial charge in [-0.1, -0.05) is 31.5 Å². The fourth-order valence-electron chi connectivity index (χ4n) is 3.48. The minimum Gasteiger partial charge on any atom is -0.495 e. The van der Waals surface area contributed by atoms with Crippen LogP contribution in [-0.4, -0.2) is 12.9 Å². The van der Waals surface area contributed by atoms with Crippen molar-refractivity contribution >= 4 is 17.4 Å². The van der Waals surface area contributed by atoms with Crippen LogP contribution in [0.4, 0.5) is 0 Å². The van der Waals surface area contributed by atoms with Crippen molar-refractivity contribution in [1.29, 1.82) is 5.26 Å². The van der Waals surface area contributed by atoms with Gasteiger partial charge in [0.2, 0.25) is 5.88 Å². The number of allylic oxidation sites excluding steroid dienone is 3. The fourth-order valence-corrected chi connectivity index (χ4v) is 3.75. The summed E-state index contributed by atoms with van der Waals surface area (Å²) in [7, 11) is 1.53. The van der Waals surface area contributed by atoms with E-state index in [1.165, 1.54) is 7.11 Å². The van der Waals surface area contributed by atoms with Gasteiger partial charge < -0.3 is 15.2 Å². The molecule has 3 rings (SSSR count). The highest BCUT2D eigenvalue weighted by atomic mass is 35.5. The summed E-state index contributed by atoms with van der Waals surface area (Å²) in [6.07, 6.45) is 0.988. The fraction of sp³-hybridized carbons (Fsp3) is 0.368. The third-order valence-corrected chi connectivity index (χ3v) is 4.88. The Labute approximate surface area is 151 Å². The van der Waals surface area contributed by atoms with Gasteiger partial charge in [-0.3, -0.25) is 4.79 Å². The van der Waals surface area contributed by atoms with E-state index in [9.17, 15) is 10.1 Å². The van der Waals surface area contributed by atoms with Crippen molar-refractivity contribution in [2.75, 3.05) is 7.11 Å². The summed E-state index contributed by atoms with van der Waals surface area (Å²) in [5.74, 6) is 0.529. The predicted octanol–water partition coefficient (Wildman–Crippen LogP) is 3.80. The number of methoxy groups -OCH3 is 1. The molecular formula is C19H19ClN2O3. The van der Waals surface area contributed by atoms with E-state index in [2.05, 4.69) is 6.07 Å². The molecule has 2 aliphatic rings. The molecule has 1 aromatic carbocycles. The summed E-state index contributed by atoms with van der Waals surface area (Å²) < 4.78 is 10.8. The minimum absolute atomic E-state index is 0.0246. The lowest BCUT2D eigenvalue weighted by Crippen LogP contribution is -2.33. The number of ether oxygens (including phenoxy) is 2. The molecule has 6 heteroatoms. The SMILES string of the molecule is COc1ccc([C@H]2C(C#N)=C(N)OC3=C2C(=O)CC(C)(C)C3)cc1Cl. The van der Waals surface area contributed by atoms with E-state index in [0.29, 0.717) is 40.5 Å². The average molecular weight is 359 g/mol. The lowest BCUT2D eigenvalue weighted by molar-refractivity contribution is -0.119. The molecule has 0 saturated heterocycles. The molecule has 0 saturated carbocycles. The van der Waals surface area contributed by atoms with Crippen molar-refractivity contribution in [3.8, 4) is 11.8 Å². The van der Waals surface area contributed by atoms with E-state index in [1.807, 2.05) is 13.8 Å². The Morgan fingerprint density at radius 1 is 1.40 bits per heavy atom. The van der Waals surface area contributed by atoms with Crippen LogP contribution >= 0.6 is 11.6 Å². The molecule has 1 atom stereocenters. The Bertz CT molecular complexity index is 862. The number of Topliss-reactive ketones (excluding diaryl/α,β-unsaturated/α-hetero) is 1. The van der Waals surface area contributed by atoms with E-state index in [4.69, 9.17) is 26.8 Å². The van der Waals surface area contributed by atoms with Crippen molar-refractivity contribution in [1.82, 2.24) is 0 Å². The second kappa shape index (κ2) is 6.12. The first-order valence-corrected chi connectivity index (χ1v) is 8.32. The number of benzene rings is 1. The maximum absolute atomic E-state index is 12.8. The first kappa shape index (κ1) is 17.4. The van der Waals surface area contributed by atoms with E-state index >= 15 is 0 Å². The second-order valence-corrected chi connectivity index (χ2v) is 7.50. The standard InChI is InChI=1S/C19H19ClN2O3/c1-19(2)7-13(23)17-15(8-19)25-18(22)11(9-21)16(17)10-4-5-14(24-3)12(20)6-10/h4-6,16H,7-8,22H2,1-3H3/t16-/m0/s1. The van der Waals surface area contributed by atoms with Gasteiger partial charge in [-0.05, 0) is 23.1 Å². The molecule has 0 amide bonds. The van der Waals surface area contributed by atoms with Crippen LogP contribution in [0.15, 0.2) is 41.0 Å². The van der Waals surface area contributed by atoms with Crippen molar-refractivity contribution in [2.45, 2.75) is 32.6 Å². The summed E-state index contributed by atoms with van der Waals surface area (Å²) in [4.78, 5) is 12.8. The largest absolute Gasteiger partial charge is 0.495 e. The third-order valence-electron chi connectivity index (χ3n) is 4.58. The maximum Gasteiger partial charge on any atom is 0.205 e. The zero-order valence-corrected chi connectivity index (χ0v) is 15.1. The predicted molar refractivity (Wildman–Crippen MR) is 93.7 cm³/mol. The lowest BCUT2D eigenvalue weighted by atomic mass is 9.70. The Morgan fingerprint density at radius 3 is 2.72 bits per heavy atom. The van der Waals surface area contributed by atoms with Crippen LogP contribution in [-0.2, 0) is 9.53 Å². The second-order valence-electron chi connectivity index (χ2n) is 7.10. The molecule has 0 radical (unpaired) electrons. The van der Waals surface area contributed by atoms with Crippen LogP contribution in [0, 0.1) is 16.7 Å². The molecule has 0 spiro atoms. The lowest BCUT2D eigenvalue weighted by Gasteiger charge is -2.37. The first-order chi connectivity index (χ1) is 11.8. The minimum atomic E-state index is -0.569. The van der Waals surface area contributed by atoms with Crippen LogP contribution in [0.5, 0.6) is 5.75 Å². The third kappa shape index (κ3) is 2.98. The van der Waals surface area contributed by atoms with Crippen LogP contribution in [0.3, 0.4) is 0 Å². The number of nitrogens with two attached hydrogens (primary N) is 1. The van der Waals surface area contributed by atoms with Crippen molar-refractivity contribution in [2.24, 2.45) is 11.1 Å². The van der Waals surface area contributed by atoms with Gasteiger partial charge in [0.25, 0.3) is 0 Å². The molecule has 0 aromatic heterocycles. The Balaban J connectivity index is 2.18. The summed E-state index contributed by atoms with van der Waals surface area (Å²) in [5.41, 5.74) is 7.23. The Morgan fingerprint density at radius 2 is 2.12 bits per heavy atom. The number of hydrogen-bond donors (Lipinski definition) is 1. The van der Waals surface area contributed by atoms with Crippen LogP contribution in [0.1, 0.15) is 38.2 Å². The van der Waals surface area contributed by atoms with Gasteiger partial charge in [-0.2, -0.15) is 5.26 Å². The molecule has 1 aliphatic heterocycles. The van der Waals surface area contributed by atoms with Crippen LogP contribution < -0.4 is 10.5 Å². The molecule has 1 heterocycles. The number of carbonyl (C=O) groups is 1. The Kier molecular flexibility index (Phi) is 4.26. The smallest absolute Gasteiger partial charge is 0.205 e. The highest BCUT2D eigenvalue weighted by Gasteiger charge is 2.43. The summed E-state index contributed by atoms with van der Waals surface area (Å²) >= 11 is 6.25. The molecule has 25 heavy (non-hydrogen) atoms. The first-order valence-electron chi connectivity index (χ1n) is 7.94. The van der Waals surface area contributed by atoms with Gasteiger partial charge in [0, 0.05) is 18.4 Å². The normalized spacial score (nSPS) is 22.2. The number of nitrogens with zero attached hydrogens (tertiary/aromatic N) is 1. The number of rotatable bonds is 2. The summed E-state index contributed by atoms with van der Waals surface area (Å²) in [5, 5.41) is 9.99. The quantitative estimate of drug-likeness (QED) is 0.869. The van der Waals surface area contributed by atoms with E-state index in [1.54, 1.807) is 18.2 Å². The van der Waals surface area contributed by atoms with Gasteiger partial charge in [0.1, 0.15) is 23.2 Å². The molecule has 2 N–H and O–H groups in total. The van der Waals surface area contributed by atoms with Crippen LogP contribution in [0.25, 0.3) is 0 Å². The number of ketones is 1. The number of hydrogen-bond acceptors (Lipinski definition) is 5. The number of nitriles is 1. The summed E-state index contributed by atoms with van der Waals surface area (Å²) in [6, 6.07) is 7.31. The van der Waals surface area contributed by atoms with E-state index in [-0.39, 0.29) is 22.7 Å². The monoisotopic (exact) mass is 358 g/mol. The van der Waals surface area contributed by atoms with Gasteiger partial charge in [-0.15, -0.1) is 0 Å². The highest BCUT2D eigenvalue weighted by molar-refractivity contribution is 6.32. The van der Waals surface area contributed by atoms with Gasteiger partial charge in [0.05, 0.1) is 18.1 Å². The van der Waals surface area contributed by atoms with Crippen molar-refractivity contribution in [3.05, 3.63) is 51.6 Å². The molecule has 0 unspecified atom stereocenters. The van der Waals surface area contributed by atoms with Crippen molar-refractivity contribution in [3.63, 3.8) is 0 Å². The van der Waals surface area contributed by atoms with Crippen molar-refractivity contribution < 1.29 is 14.3 Å². The summed E-state index contributed by atoms with van der Waals surface area (Å²) in [6.45, 7) is 4.02. The molecule has 0 fully saturated rings. The highest BCUT2D eigenvalue weighted by Crippen LogP contribution is 2.48. The molecule has 5 nitrogen and oxygen atoms in total. The van der Waals surface area contributed by atoms with E-state index < -0.39 is 5.92 Å². The molecule has 1 aromatic rings. The molecular weight excluding hydrogens is 340 g/mol. The topological polar surface area (TPSA) is 85.3 Å². The maximum atomic E-state index is 12.8. The number of halogens is 1. The van der Waals surface area contributed by atoms with Gasteiger partial charge in [0.15, 0.2) is 5.78 Å². The van der Waals surface area contributed by atoms with Gasteiger partial charge in [-0.25, -0.2) is 0 Å². The number of carbonyl (C=O) groups excluding carboxylic acids is 1. The molecule has 0 bridgehead atoms. The average Bonchev–Trinajstić information content (AvgIpc) is 2.52. The Hall–Kier alpha value is -2.45. The molecule has 130 valence electrons. The molecule has 1 aliphatic carbocycles. The van der Waals surface area contributed by atoms with Gasteiger partial charge >= 0.3 is 0 Å².